The fourth-order valence-corrected chi connectivity index (χ4v) is 2.42. The Morgan fingerprint density at radius 1 is 1.35 bits per heavy atom. The number of thiazole rings is 1. The summed E-state index contributed by atoms with van der Waals surface area (Å²) < 4.78 is 0. The van der Waals surface area contributed by atoms with E-state index in [0.29, 0.717) is 5.69 Å². The van der Waals surface area contributed by atoms with Gasteiger partial charge in [0, 0.05) is 10.9 Å². The van der Waals surface area contributed by atoms with Crippen LogP contribution in [-0.2, 0) is 0 Å². The SMILES string of the molecule is Cc1ccc(-c2nc(C(=O)NC(C)(C)CO)cs2)cc1. The molecule has 0 bridgehead atoms. The highest BCUT2D eigenvalue weighted by atomic mass is 32.1. The van der Waals surface area contributed by atoms with E-state index in [9.17, 15) is 4.79 Å². The van der Waals surface area contributed by atoms with Gasteiger partial charge in [0.2, 0.25) is 0 Å². The van der Waals surface area contributed by atoms with E-state index in [1.165, 1.54) is 16.9 Å². The molecule has 5 heteroatoms. The Bertz CT molecular complexity index is 603. The van der Waals surface area contributed by atoms with E-state index in [4.69, 9.17) is 5.11 Å². The Morgan fingerprint density at radius 3 is 2.60 bits per heavy atom. The molecule has 20 heavy (non-hydrogen) atoms. The maximum absolute atomic E-state index is 12.0. The monoisotopic (exact) mass is 290 g/mol. The molecule has 0 aliphatic rings. The lowest BCUT2D eigenvalue weighted by molar-refractivity contribution is 0.0865. The minimum Gasteiger partial charge on any atom is -0.394 e. The van der Waals surface area contributed by atoms with Crippen LogP contribution >= 0.6 is 11.3 Å². The molecule has 0 atom stereocenters. The number of aryl methyl sites for hydroxylation is 1. The molecule has 4 nitrogen and oxygen atoms in total. The summed E-state index contributed by atoms with van der Waals surface area (Å²) in [4.78, 5) is 16.4. The second kappa shape index (κ2) is 5.73. The Balaban J connectivity index is 2.17. The van der Waals surface area contributed by atoms with Gasteiger partial charge in [-0.25, -0.2) is 4.98 Å². The molecule has 0 fully saturated rings. The molecule has 0 saturated heterocycles. The molecule has 0 aliphatic heterocycles. The summed E-state index contributed by atoms with van der Waals surface area (Å²) in [7, 11) is 0. The molecule has 1 aromatic carbocycles. The van der Waals surface area contributed by atoms with Gasteiger partial charge in [-0.1, -0.05) is 29.8 Å². The lowest BCUT2D eigenvalue weighted by atomic mass is 10.1. The van der Waals surface area contributed by atoms with E-state index in [1.54, 1.807) is 19.2 Å². The number of aliphatic hydroxyl groups is 1. The van der Waals surface area contributed by atoms with Crippen LogP contribution in [0.1, 0.15) is 29.9 Å². The van der Waals surface area contributed by atoms with Crippen molar-refractivity contribution in [3.63, 3.8) is 0 Å². The number of amides is 1. The topological polar surface area (TPSA) is 62.2 Å². The van der Waals surface area contributed by atoms with Gasteiger partial charge in [0.15, 0.2) is 0 Å². The van der Waals surface area contributed by atoms with Crippen LogP contribution < -0.4 is 5.32 Å². The maximum atomic E-state index is 12.0. The summed E-state index contributed by atoms with van der Waals surface area (Å²) >= 11 is 1.44. The van der Waals surface area contributed by atoms with Crippen molar-refractivity contribution in [2.24, 2.45) is 0 Å². The number of benzene rings is 1. The number of aliphatic hydroxyl groups excluding tert-OH is 1. The van der Waals surface area contributed by atoms with Gasteiger partial charge in [-0.05, 0) is 20.8 Å². The minimum atomic E-state index is -0.648. The lowest BCUT2D eigenvalue weighted by Gasteiger charge is -2.22. The number of rotatable bonds is 4. The van der Waals surface area contributed by atoms with E-state index < -0.39 is 5.54 Å². The Morgan fingerprint density at radius 2 is 2.00 bits per heavy atom. The number of nitrogens with zero attached hydrogens (tertiary/aromatic N) is 1. The molecule has 0 aliphatic carbocycles. The largest absolute Gasteiger partial charge is 0.394 e. The highest BCUT2D eigenvalue weighted by Crippen LogP contribution is 2.24. The molecular weight excluding hydrogens is 272 g/mol. The van der Waals surface area contributed by atoms with Crippen LogP contribution in [0.2, 0.25) is 0 Å². The van der Waals surface area contributed by atoms with E-state index in [1.807, 2.05) is 31.2 Å². The number of carbonyl (C=O) groups is 1. The lowest BCUT2D eigenvalue weighted by Crippen LogP contribution is -2.46. The summed E-state index contributed by atoms with van der Waals surface area (Å²) in [5.74, 6) is -0.265. The summed E-state index contributed by atoms with van der Waals surface area (Å²) in [6.45, 7) is 5.44. The van der Waals surface area contributed by atoms with Crippen molar-refractivity contribution in [3.8, 4) is 10.6 Å². The fourth-order valence-electron chi connectivity index (χ4n) is 1.62. The first-order valence-corrected chi connectivity index (χ1v) is 7.25. The van der Waals surface area contributed by atoms with Gasteiger partial charge in [0.1, 0.15) is 10.7 Å². The zero-order chi connectivity index (χ0) is 14.8. The zero-order valence-corrected chi connectivity index (χ0v) is 12.6. The second-order valence-corrected chi connectivity index (χ2v) is 6.26. The van der Waals surface area contributed by atoms with Gasteiger partial charge in [-0.15, -0.1) is 11.3 Å². The van der Waals surface area contributed by atoms with Gasteiger partial charge >= 0.3 is 0 Å². The second-order valence-electron chi connectivity index (χ2n) is 5.40. The van der Waals surface area contributed by atoms with Crippen molar-refractivity contribution in [2.75, 3.05) is 6.61 Å². The van der Waals surface area contributed by atoms with Gasteiger partial charge in [-0.2, -0.15) is 0 Å². The molecule has 1 amide bonds. The third kappa shape index (κ3) is 3.43. The van der Waals surface area contributed by atoms with E-state index in [-0.39, 0.29) is 12.5 Å². The molecule has 0 radical (unpaired) electrons. The van der Waals surface area contributed by atoms with Crippen LogP contribution in [0.3, 0.4) is 0 Å². The minimum absolute atomic E-state index is 0.117. The van der Waals surface area contributed by atoms with Crippen molar-refractivity contribution in [3.05, 3.63) is 40.9 Å². The zero-order valence-electron chi connectivity index (χ0n) is 11.8. The molecule has 0 unspecified atom stereocenters. The number of carbonyl (C=O) groups excluding carboxylic acids is 1. The molecular formula is C15H18N2O2S. The average molecular weight is 290 g/mol. The Labute approximate surface area is 122 Å². The molecule has 0 spiro atoms. The third-order valence-electron chi connectivity index (χ3n) is 2.88. The van der Waals surface area contributed by atoms with E-state index in [2.05, 4.69) is 10.3 Å². The summed E-state index contributed by atoms with van der Waals surface area (Å²) in [6, 6.07) is 8.03. The first-order chi connectivity index (χ1) is 9.41. The van der Waals surface area contributed by atoms with Crippen LogP contribution in [0.4, 0.5) is 0 Å². The highest BCUT2D eigenvalue weighted by molar-refractivity contribution is 7.13. The Kier molecular flexibility index (Phi) is 4.20. The molecule has 1 aromatic heterocycles. The number of hydrogen-bond acceptors (Lipinski definition) is 4. The molecule has 2 N–H and O–H groups in total. The van der Waals surface area contributed by atoms with Crippen LogP contribution in [0.5, 0.6) is 0 Å². The first kappa shape index (κ1) is 14.7. The summed E-state index contributed by atoms with van der Waals surface area (Å²) in [5, 5.41) is 14.5. The number of nitrogens with one attached hydrogen (secondary N) is 1. The predicted molar refractivity (Wildman–Crippen MR) is 80.9 cm³/mol. The first-order valence-electron chi connectivity index (χ1n) is 6.37. The van der Waals surface area contributed by atoms with Gasteiger partial charge in [0.05, 0.1) is 12.1 Å². The molecule has 1 heterocycles. The summed E-state index contributed by atoms with van der Waals surface area (Å²) in [6.07, 6.45) is 0. The van der Waals surface area contributed by atoms with E-state index in [0.717, 1.165) is 10.6 Å². The predicted octanol–water partition coefficient (Wildman–Crippen LogP) is 2.62. The van der Waals surface area contributed by atoms with Crippen molar-refractivity contribution < 1.29 is 9.90 Å². The molecule has 0 saturated carbocycles. The average Bonchev–Trinajstić information content (AvgIpc) is 2.89. The Hall–Kier alpha value is -1.72. The van der Waals surface area contributed by atoms with E-state index >= 15 is 0 Å². The quantitative estimate of drug-likeness (QED) is 0.910. The van der Waals surface area contributed by atoms with Crippen LogP contribution in [0.25, 0.3) is 10.6 Å². The smallest absolute Gasteiger partial charge is 0.271 e. The third-order valence-corrected chi connectivity index (χ3v) is 3.77. The molecule has 106 valence electrons. The number of aromatic nitrogens is 1. The van der Waals surface area contributed by atoms with Crippen molar-refractivity contribution >= 4 is 17.2 Å². The van der Waals surface area contributed by atoms with Crippen molar-refractivity contribution in [1.29, 1.82) is 0 Å². The van der Waals surface area contributed by atoms with Gasteiger partial charge in [-0.3, -0.25) is 4.79 Å². The van der Waals surface area contributed by atoms with Crippen LogP contribution in [0, 0.1) is 6.92 Å². The molecule has 2 aromatic rings. The molecule has 2 rings (SSSR count). The van der Waals surface area contributed by atoms with Gasteiger partial charge in [0.25, 0.3) is 5.91 Å². The van der Waals surface area contributed by atoms with Crippen LogP contribution in [0.15, 0.2) is 29.6 Å². The maximum Gasteiger partial charge on any atom is 0.271 e. The highest BCUT2D eigenvalue weighted by Gasteiger charge is 2.21. The standard InChI is InChI=1S/C15H18N2O2S/c1-10-4-6-11(7-5-10)14-16-12(8-20-14)13(19)17-15(2,3)9-18/h4-8,18H,9H2,1-3H3,(H,17,19). The van der Waals surface area contributed by atoms with Crippen molar-refractivity contribution in [1.82, 2.24) is 10.3 Å². The normalized spacial score (nSPS) is 11.4. The fraction of sp³-hybridized carbons (Fsp3) is 0.333. The number of hydrogen-bond donors (Lipinski definition) is 2. The van der Waals surface area contributed by atoms with Gasteiger partial charge < -0.3 is 10.4 Å². The van der Waals surface area contributed by atoms with Crippen LogP contribution in [-0.4, -0.2) is 28.1 Å². The van der Waals surface area contributed by atoms with Crippen molar-refractivity contribution in [2.45, 2.75) is 26.3 Å². The summed E-state index contributed by atoms with van der Waals surface area (Å²) in [5.41, 5.74) is 1.92.